The topological polar surface area (TPSA) is 155 Å². The molecule has 4 aliphatic rings. The molecule has 3 N–H and O–H groups in total. The maximum absolute atomic E-state index is 14.1. The first-order valence-electron chi connectivity index (χ1n) is 18.3. The molecule has 270 valence electrons. The second kappa shape index (κ2) is 13.3. The minimum Gasteiger partial charge on any atom is -0.371 e. The molecule has 11 nitrogen and oxygen atoms in total. The minimum atomic E-state index is -0.985. The smallest absolute Gasteiger partial charge is 0.263 e. The summed E-state index contributed by atoms with van der Waals surface area (Å²) in [5.41, 5.74) is 7.23. The van der Waals surface area contributed by atoms with Crippen LogP contribution in [0, 0.1) is 11.3 Å². The average molecular weight is 729 g/mol. The van der Waals surface area contributed by atoms with Crippen molar-refractivity contribution in [2.75, 3.05) is 30.3 Å². The number of nitriles is 1. The fourth-order valence-corrected chi connectivity index (χ4v) is 9.47. The SMILES string of the molecule is CCc1cc2c(cc1N1CCC(NCCSc3cccc4c3C(=O)N(C3CCC(=O)NC3=O)C4=O)CC1)C(C)(C)c1[nH]c3cc(C#N)ccc3c1C2=O. The highest BCUT2D eigenvalue weighted by atomic mass is 32.2. The number of nitrogens with zero attached hydrogens (tertiary/aromatic N) is 3. The summed E-state index contributed by atoms with van der Waals surface area (Å²) in [7, 11) is 0. The van der Waals surface area contributed by atoms with Crippen LogP contribution in [0.15, 0.2) is 53.4 Å². The number of H-pyrrole nitrogens is 1. The Hall–Kier alpha value is -5.25. The number of hydrogen-bond acceptors (Lipinski definition) is 9. The summed E-state index contributed by atoms with van der Waals surface area (Å²) >= 11 is 1.51. The van der Waals surface area contributed by atoms with Gasteiger partial charge in [-0.05, 0) is 73.2 Å². The fourth-order valence-electron chi connectivity index (χ4n) is 8.51. The van der Waals surface area contributed by atoms with Gasteiger partial charge in [-0.25, -0.2) is 0 Å². The van der Waals surface area contributed by atoms with Crippen LogP contribution >= 0.6 is 11.8 Å². The van der Waals surface area contributed by atoms with E-state index in [1.54, 1.807) is 18.2 Å². The molecular weight excluding hydrogens is 689 g/mol. The lowest BCUT2D eigenvalue weighted by Gasteiger charge is -2.38. The first kappa shape index (κ1) is 34.8. The number of amides is 4. The highest BCUT2D eigenvalue weighted by Gasteiger charge is 2.46. The molecule has 4 heterocycles. The van der Waals surface area contributed by atoms with Gasteiger partial charge in [0.2, 0.25) is 11.8 Å². The Kier molecular flexibility index (Phi) is 8.74. The molecule has 0 radical (unpaired) electrons. The predicted octanol–water partition coefficient (Wildman–Crippen LogP) is 5.22. The summed E-state index contributed by atoms with van der Waals surface area (Å²) in [6.07, 6.45) is 2.93. The van der Waals surface area contributed by atoms with Gasteiger partial charge in [0.05, 0.1) is 28.3 Å². The minimum absolute atomic E-state index is 0.0235. The first-order chi connectivity index (χ1) is 25.5. The van der Waals surface area contributed by atoms with Gasteiger partial charge in [0, 0.05) is 76.0 Å². The van der Waals surface area contributed by atoms with E-state index >= 15 is 0 Å². The second-order valence-electron chi connectivity index (χ2n) is 14.8. The number of piperidine rings is 2. The predicted molar refractivity (Wildman–Crippen MR) is 201 cm³/mol. The number of rotatable bonds is 8. The number of nitrogens with one attached hydrogen (secondary N) is 3. The van der Waals surface area contributed by atoms with Crippen molar-refractivity contribution in [1.82, 2.24) is 20.5 Å². The van der Waals surface area contributed by atoms with Crippen LogP contribution < -0.4 is 15.5 Å². The molecule has 2 saturated heterocycles. The number of anilines is 1. The maximum atomic E-state index is 14.1. The molecule has 8 rings (SSSR count). The van der Waals surface area contributed by atoms with Crippen molar-refractivity contribution in [2.45, 2.75) is 75.3 Å². The number of carbonyl (C=O) groups is 5. The zero-order valence-electron chi connectivity index (χ0n) is 29.9. The van der Waals surface area contributed by atoms with Crippen LogP contribution in [-0.4, -0.2) is 76.8 Å². The molecule has 1 atom stereocenters. The van der Waals surface area contributed by atoms with E-state index in [0.29, 0.717) is 38.9 Å². The van der Waals surface area contributed by atoms with Crippen LogP contribution in [0.1, 0.15) is 105 Å². The summed E-state index contributed by atoms with van der Waals surface area (Å²) in [6.45, 7) is 8.92. The van der Waals surface area contributed by atoms with E-state index in [9.17, 15) is 29.2 Å². The summed E-state index contributed by atoms with van der Waals surface area (Å²) in [5, 5.41) is 16.2. The molecule has 0 bridgehead atoms. The van der Waals surface area contributed by atoms with Gasteiger partial charge in [0.15, 0.2) is 5.78 Å². The number of aromatic nitrogens is 1. The van der Waals surface area contributed by atoms with Gasteiger partial charge in [0.25, 0.3) is 11.8 Å². The van der Waals surface area contributed by atoms with E-state index in [1.165, 1.54) is 17.4 Å². The molecule has 3 aromatic carbocycles. The number of benzene rings is 3. The average Bonchev–Trinajstić information content (AvgIpc) is 3.67. The van der Waals surface area contributed by atoms with Gasteiger partial charge >= 0.3 is 0 Å². The number of thioether (sulfide) groups is 1. The molecule has 2 fully saturated rings. The summed E-state index contributed by atoms with van der Waals surface area (Å²) in [4.78, 5) is 72.5. The van der Waals surface area contributed by atoms with E-state index in [0.717, 1.165) is 77.1 Å². The Morgan fingerprint density at radius 3 is 2.49 bits per heavy atom. The van der Waals surface area contributed by atoms with E-state index < -0.39 is 35.1 Å². The van der Waals surface area contributed by atoms with Gasteiger partial charge in [-0.15, -0.1) is 11.8 Å². The zero-order valence-corrected chi connectivity index (χ0v) is 30.7. The van der Waals surface area contributed by atoms with Crippen LogP contribution in [0.2, 0.25) is 0 Å². The molecule has 4 amide bonds. The van der Waals surface area contributed by atoms with Crippen LogP contribution in [0.5, 0.6) is 0 Å². The van der Waals surface area contributed by atoms with E-state index in [4.69, 9.17) is 0 Å². The van der Waals surface area contributed by atoms with Gasteiger partial charge in [-0.2, -0.15) is 5.26 Å². The molecule has 3 aliphatic heterocycles. The quantitative estimate of drug-likeness (QED) is 0.126. The molecule has 0 spiro atoms. The summed E-state index contributed by atoms with van der Waals surface area (Å²) in [6, 6.07) is 16.6. The van der Waals surface area contributed by atoms with Gasteiger partial charge in [-0.1, -0.05) is 32.9 Å². The molecule has 53 heavy (non-hydrogen) atoms. The van der Waals surface area contributed by atoms with Crippen molar-refractivity contribution >= 4 is 57.8 Å². The monoisotopic (exact) mass is 728 g/mol. The Balaban J connectivity index is 0.913. The second-order valence-corrected chi connectivity index (χ2v) is 15.9. The van der Waals surface area contributed by atoms with E-state index in [2.05, 4.69) is 59.5 Å². The number of hydrogen-bond donors (Lipinski definition) is 3. The first-order valence-corrected chi connectivity index (χ1v) is 19.2. The highest BCUT2D eigenvalue weighted by Crippen LogP contribution is 2.46. The van der Waals surface area contributed by atoms with E-state index in [-0.39, 0.29) is 18.6 Å². The van der Waals surface area contributed by atoms with Crippen LogP contribution in [0.3, 0.4) is 0 Å². The largest absolute Gasteiger partial charge is 0.371 e. The number of aromatic amines is 1. The third-order valence-corrected chi connectivity index (χ3v) is 12.4. The lowest BCUT2D eigenvalue weighted by Crippen LogP contribution is -2.54. The lowest BCUT2D eigenvalue weighted by molar-refractivity contribution is -0.136. The van der Waals surface area contributed by atoms with Gasteiger partial charge in [0.1, 0.15) is 6.04 Å². The number of imide groups is 2. The highest BCUT2D eigenvalue weighted by molar-refractivity contribution is 7.99. The van der Waals surface area contributed by atoms with Crippen LogP contribution in [-0.2, 0) is 21.4 Å². The van der Waals surface area contributed by atoms with Crippen LogP contribution in [0.4, 0.5) is 5.69 Å². The third kappa shape index (κ3) is 5.74. The molecule has 0 saturated carbocycles. The number of ketones is 1. The van der Waals surface area contributed by atoms with Crippen LogP contribution in [0.25, 0.3) is 10.9 Å². The van der Waals surface area contributed by atoms with Crippen molar-refractivity contribution in [3.8, 4) is 6.07 Å². The normalized spacial score (nSPS) is 19.7. The number of carbonyl (C=O) groups excluding carboxylic acids is 5. The van der Waals surface area contributed by atoms with Crippen molar-refractivity contribution in [1.29, 1.82) is 5.26 Å². The fraction of sp³-hybridized carbons (Fsp3) is 0.366. The van der Waals surface area contributed by atoms with Crippen molar-refractivity contribution in [2.24, 2.45) is 0 Å². The standard InChI is InChI=1S/C41H40N6O5S/c1-4-23-19-27-28(41(2,3)37-35(36(27)49)25-9-8-22(21-42)18-29(25)44-37)20-31(23)46-15-12-24(13-16-46)43-14-17-53-32-7-5-6-26-34(32)40(52)47(39(26)51)30-10-11-33(48)45-38(30)50/h5-9,18-20,24,30,43-44H,4,10-17H2,1-3H3,(H,45,48,50). The third-order valence-electron chi connectivity index (χ3n) is 11.4. The van der Waals surface area contributed by atoms with Crippen molar-refractivity contribution in [3.05, 3.63) is 93.2 Å². The number of aryl methyl sites for hydroxylation is 1. The molecule has 4 aromatic rings. The summed E-state index contributed by atoms with van der Waals surface area (Å²) in [5.74, 6) is -1.28. The maximum Gasteiger partial charge on any atom is 0.263 e. The lowest BCUT2D eigenvalue weighted by atomic mass is 9.70. The van der Waals surface area contributed by atoms with E-state index in [1.807, 2.05) is 18.2 Å². The Morgan fingerprint density at radius 1 is 0.962 bits per heavy atom. The molecule has 1 unspecified atom stereocenters. The zero-order chi connectivity index (χ0) is 37.2. The number of fused-ring (bicyclic) bond motifs is 5. The summed E-state index contributed by atoms with van der Waals surface area (Å²) < 4.78 is 0. The van der Waals surface area contributed by atoms with Gasteiger partial charge < -0.3 is 15.2 Å². The Labute approximate surface area is 311 Å². The van der Waals surface area contributed by atoms with Gasteiger partial charge in [-0.3, -0.25) is 34.2 Å². The molecule has 12 heteroatoms. The molecule has 1 aromatic heterocycles. The van der Waals surface area contributed by atoms with Crippen molar-refractivity contribution < 1.29 is 24.0 Å². The van der Waals surface area contributed by atoms with Crippen molar-refractivity contribution in [3.63, 3.8) is 0 Å². The molecule has 1 aliphatic carbocycles. The Morgan fingerprint density at radius 2 is 1.75 bits per heavy atom. The Bertz CT molecular complexity index is 2300. The molecular formula is C41H40N6O5S.